The van der Waals surface area contributed by atoms with E-state index in [2.05, 4.69) is 5.32 Å². The van der Waals surface area contributed by atoms with Gasteiger partial charge in [-0.1, -0.05) is 30.1 Å². The molecular weight excluding hydrogens is 330 g/mol. The molecule has 0 aliphatic rings. The summed E-state index contributed by atoms with van der Waals surface area (Å²) in [7, 11) is 1.45. The second-order valence-electron chi connectivity index (χ2n) is 4.25. The first-order valence-corrected chi connectivity index (χ1v) is 6.95. The van der Waals surface area contributed by atoms with Crippen LogP contribution in [0.15, 0.2) is 12.1 Å². The molecule has 1 rings (SSSR count). The lowest BCUT2D eigenvalue weighted by Crippen LogP contribution is -2.28. The summed E-state index contributed by atoms with van der Waals surface area (Å²) in [4.78, 5) is 0. The van der Waals surface area contributed by atoms with Crippen molar-refractivity contribution in [2.24, 2.45) is 0 Å². The molecule has 0 spiro atoms. The van der Waals surface area contributed by atoms with Gasteiger partial charge in [-0.05, 0) is 18.2 Å². The van der Waals surface area contributed by atoms with Crippen molar-refractivity contribution < 1.29 is 22.6 Å². The van der Waals surface area contributed by atoms with E-state index in [1.807, 2.05) is 6.92 Å². The molecule has 1 N–H and O–H groups in total. The van der Waals surface area contributed by atoms with Gasteiger partial charge in [0.15, 0.2) is 0 Å². The molecular formula is C13H16Cl2F3NO2. The first-order chi connectivity index (χ1) is 9.78. The molecule has 8 heteroatoms. The summed E-state index contributed by atoms with van der Waals surface area (Å²) in [5.41, 5.74) is 0.562. The number of likely N-dealkylation sites (N-methyl/N-ethyl adjacent to an activating group) is 1. The summed E-state index contributed by atoms with van der Waals surface area (Å²) < 4.78 is 46.1. The Morgan fingerprint density at radius 1 is 1.24 bits per heavy atom. The molecule has 120 valence electrons. The highest BCUT2D eigenvalue weighted by molar-refractivity contribution is 6.34. The molecule has 1 aromatic rings. The predicted octanol–water partition coefficient (Wildman–Crippen LogP) is 4.23. The minimum Gasteiger partial charge on any atom is -0.495 e. The van der Waals surface area contributed by atoms with E-state index in [-0.39, 0.29) is 6.61 Å². The van der Waals surface area contributed by atoms with Gasteiger partial charge in [-0.25, -0.2) is 0 Å². The maximum absolute atomic E-state index is 12.1. The zero-order chi connectivity index (χ0) is 16.0. The number of benzene rings is 1. The predicted molar refractivity (Wildman–Crippen MR) is 76.3 cm³/mol. The van der Waals surface area contributed by atoms with Crippen LogP contribution in [0.3, 0.4) is 0 Å². The number of alkyl halides is 3. The van der Waals surface area contributed by atoms with Crippen LogP contribution in [0.1, 0.15) is 18.5 Å². The van der Waals surface area contributed by atoms with Crippen LogP contribution in [-0.2, 0) is 4.74 Å². The SMILES string of the molecule is CCNC(COCC(F)(F)F)c1cc(Cl)c(OC)cc1Cl. The number of ether oxygens (including phenoxy) is 2. The third-order valence-corrected chi connectivity index (χ3v) is 3.27. The summed E-state index contributed by atoms with van der Waals surface area (Å²) in [5, 5.41) is 3.69. The second kappa shape index (κ2) is 8.08. The molecule has 0 heterocycles. The number of nitrogens with one attached hydrogen (secondary N) is 1. The Balaban J connectivity index is 2.87. The Hall–Kier alpha value is -0.690. The topological polar surface area (TPSA) is 30.5 Å². The molecule has 0 fully saturated rings. The summed E-state index contributed by atoms with van der Waals surface area (Å²) in [5.74, 6) is 0.400. The summed E-state index contributed by atoms with van der Waals surface area (Å²) >= 11 is 12.1. The minimum atomic E-state index is -4.36. The molecule has 0 saturated carbocycles. The largest absolute Gasteiger partial charge is 0.495 e. The van der Waals surface area contributed by atoms with Crippen LogP contribution in [0, 0.1) is 0 Å². The third kappa shape index (κ3) is 5.90. The van der Waals surface area contributed by atoms with E-state index in [9.17, 15) is 13.2 Å². The highest BCUT2D eigenvalue weighted by atomic mass is 35.5. The van der Waals surface area contributed by atoms with Crippen LogP contribution in [0.5, 0.6) is 5.75 Å². The first-order valence-electron chi connectivity index (χ1n) is 6.19. The Kier molecular flexibility index (Phi) is 7.06. The van der Waals surface area contributed by atoms with Crippen molar-refractivity contribution in [2.75, 3.05) is 26.9 Å². The summed E-state index contributed by atoms with van der Waals surface area (Å²) in [6.45, 7) is 0.891. The molecule has 0 radical (unpaired) electrons. The van der Waals surface area contributed by atoms with Gasteiger partial charge in [-0.2, -0.15) is 13.2 Å². The van der Waals surface area contributed by atoms with Gasteiger partial charge in [0, 0.05) is 11.1 Å². The van der Waals surface area contributed by atoms with E-state index < -0.39 is 18.8 Å². The molecule has 0 saturated heterocycles. The highest BCUT2D eigenvalue weighted by Gasteiger charge is 2.28. The van der Waals surface area contributed by atoms with Crippen molar-refractivity contribution in [1.82, 2.24) is 5.32 Å². The van der Waals surface area contributed by atoms with Crippen LogP contribution in [0.2, 0.25) is 10.0 Å². The number of hydrogen-bond donors (Lipinski definition) is 1. The molecule has 0 aliphatic carbocycles. The van der Waals surface area contributed by atoms with E-state index in [0.717, 1.165) is 0 Å². The van der Waals surface area contributed by atoms with Gasteiger partial charge in [0.2, 0.25) is 0 Å². The smallest absolute Gasteiger partial charge is 0.411 e. The fraction of sp³-hybridized carbons (Fsp3) is 0.538. The summed E-state index contributed by atoms with van der Waals surface area (Å²) in [6, 6.07) is 2.59. The Bertz CT molecular complexity index is 469. The molecule has 0 bridgehead atoms. The molecule has 1 atom stereocenters. The van der Waals surface area contributed by atoms with E-state index in [4.69, 9.17) is 32.7 Å². The van der Waals surface area contributed by atoms with E-state index >= 15 is 0 Å². The van der Waals surface area contributed by atoms with Crippen LogP contribution in [0.4, 0.5) is 13.2 Å². The van der Waals surface area contributed by atoms with Gasteiger partial charge in [-0.15, -0.1) is 0 Å². The monoisotopic (exact) mass is 345 g/mol. The van der Waals surface area contributed by atoms with E-state index in [1.165, 1.54) is 13.2 Å². The standard InChI is InChI=1S/C13H16Cl2F3NO2/c1-3-19-11(6-21-7-13(16,17)18)8-4-10(15)12(20-2)5-9(8)14/h4-5,11,19H,3,6-7H2,1-2H3. The normalized spacial score (nSPS) is 13.3. The number of halogens is 5. The molecule has 1 unspecified atom stereocenters. The van der Waals surface area contributed by atoms with Gasteiger partial charge in [-0.3, -0.25) is 0 Å². The Labute approximate surface area is 131 Å². The van der Waals surface area contributed by atoms with Crippen molar-refractivity contribution in [3.8, 4) is 5.75 Å². The van der Waals surface area contributed by atoms with Crippen molar-refractivity contribution in [1.29, 1.82) is 0 Å². The number of methoxy groups -OCH3 is 1. The first kappa shape index (κ1) is 18.4. The third-order valence-electron chi connectivity index (χ3n) is 2.65. The van der Waals surface area contributed by atoms with Crippen molar-refractivity contribution in [3.05, 3.63) is 27.7 Å². The molecule has 1 aromatic carbocycles. The van der Waals surface area contributed by atoms with Gasteiger partial charge in [0.25, 0.3) is 0 Å². The second-order valence-corrected chi connectivity index (χ2v) is 5.06. The lowest BCUT2D eigenvalue weighted by Gasteiger charge is -2.21. The Morgan fingerprint density at radius 2 is 1.90 bits per heavy atom. The zero-order valence-electron chi connectivity index (χ0n) is 11.6. The van der Waals surface area contributed by atoms with Crippen LogP contribution < -0.4 is 10.1 Å². The fourth-order valence-corrected chi connectivity index (χ4v) is 2.30. The highest BCUT2D eigenvalue weighted by Crippen LogP contribution is 2.34. The van der Waals surface area contributed by atoms with Gasteiger partial charge < -0.3 is 14.8 Å². The lowest BCUT2D eigenvalue weighted by atomic mass is 10.1. The summed E-state index contributed by atoms with van der Waals surface area (Å²) in [6.07, 6.45) is -4.36. The van der Waals surface area contributed by atoms with Gasteiger partial charge >= 0.3 is 6.18 Å². The average Bonchev–Trinajstić information content (AvgIpc) is 2.38. The van der Waals surface area contributed by atoms with Crippen LogP contribution in [-0.4, -0.2) is 33.0 Å². The zero-order valence-corrected chi connectivity index (χ0v) is 13.1. The maximum Gasteiger partial charge on any atom is 0.411 e. The average molecular weight is 346 g/mol. The van der Waals surface area contributed by atoms with Crippen LogP contribution in [0.25, 0.3) is 0 Å². The van der Waals surface area contributed by atoms with Crippen molar-refractivity contribution in [3.63, 3.8) is 0 Å². The lowest BCUT2D eigenvalue weighted by molar-refractivity contribution is -0.175. The molecule has 0 aromatic heterocycles. The molecule has 0 amide bonds. The van der Waals surface area contributed by atoms with Crippen molar-refractivity contribution >= 4 is 23.2 Å². The van der Waals surface area contributed by atoms with E-state index in [0.29, 0.717) is 27.9 Å². The van der Waals surface area contributed by atoms with Gasteiger partial charge in [0.1, 0.15) is 12.4 Å². The van der Waals surface area contributed by atoms with E-state index in [1.54, 1.807) is 6.07 Å². The Morgan fingerprint density at radius 3 is 2.43 bits per heavy atom. The van der Waals surface area contributed by atoms with Crippen molar-refractivity contribution in [2.45, 2.75) is 19.1 Å². The molecule has 21 heavy (non-hydrogen) atoms. The molecule has 3 nitrogen and oxygen atoms in total. The number of rotatable bonds is 7. The number of hydrogen-bond acceptors (Lipinski definition) is 3. The quantitative estimate of drug-likeness (QED) is 0.801. The van der Waals surface area contributed by atoms with Crippen LogP contribution >= 0.6 is 23.2 Å². The van der Waals surface area contributed by atoms with Gasteiger partial charge in [0.05, 0.1) is 24.8 Å². The minimum absolute atomic E-state index is 0.171. The fourth-order valence-electron chi connectivity index (χ4n) is 1.77. The molecule has 0 aliphatic heterocycles. The maximum atomic E-state index is 12.1.